The van der Waals surface area contributed by atoms with Crippen LogP contribution >= 0.6 is 0 Å². The van der Waals surface area contributed by atoms with Crippen LogP contribution in [0, 0.1) is 0 Å². The molecular weight excluding hydrogens is 227 g/mol. The molecular formula is C14H21BO3. The van der Waals surface area contributed by atoms with Gasteiger partial charge in [0.15, 0.2) is 0 Å². The molecule has 0 atom stereocenters. The first-order valence-corrected chi connectivity index (χ1v) is 6.08. The lowest BCUT2D eigenvalue weighted by Gasteiger charge is -2.32. The van der Waals surface area contributed by atoms with Gasteiger partial charge in [0.25, 0.3) is 0 Å². The van der Waals surface area contributed by atoms with Crippen LogP contribution in [0.15, 0.2) is 35.9 Å². The van der Waals surface area contributed by atoms with Crippen molar-refractivity contribution in [2.45, 2.75) is 45.8 Å². The summed E-state index contributed by atoms with van der Waals surface area (Å²) in [6.07, 6.45) is 5.90. The zero-order valence-electron chi connectivity index (χ0n) is 11.8. The molecule has 1 rings (SSSR count). The molecule has 1 aliphatic heterocycles. The third kappa shape index (κ3) is 2.82. The van der Waals surface area contributed by atoms with Gasteiger partial charge in [0, 0.05) is 5.57 Å². The molecule has 0 spiro atoms. The molecule has 98 valence electrons. The van der Waals surface area contributed by atoms with Crippen LogP contribution in [0.3, 0.4) is 0 Å². The molecule has 3 nitrogen and oxygen atoms in total. The van der Waals surface area contributed by atoms with Gasteiger partial charge in [-0.15, -0.1) is 0 Å². The van der Waals surface area contributed by atoms with E-state index in [4.69, 9.17) is 9.31 Å². The van der Waals surface area contributed by atoms with E-state index in [1.807, 2.05) is 40.7 Å². The number of allylic oxidation sites excluding steroid dienone is 5. The van der Waals surface area contributed by atoms with Crippen molar-refractivity contribution in [2.24, 2.45) is 0 Å². The van der Waals surface area contributed by atoms with E-state index in [-0.39, 0.29) is 11.2 Å². The van der Waals surface area contributed by atoms with Crippen molar-refractivity contribution in [3.63, 3.8) is 0 Å². The van der Waals surface area contributed by atoms with Gasteiger partial charge < -0.3 is 9.31 Å². The predicted octanol–water partition coefficient (Wildman–Crippen LogP) is 2.88. The van der Waals surface area contributed by atoms with Gasteiger partial charge in [-0.2, -0.15) is 0 Å². The Morgan fingerprint density at radius 3 is 2.00 bits per heavy atom. The van der Waals surface area contributed by atoms with Crippen LogP contribution in [-0.4, -0.2) is 24.6 Å². The summed E-state index contributed by atoms with van der Waals surface area (Å²) in [6, 6.07) is 0. The second kappa shape index (κ2) is 5.25. The van der Waals surface area contributed by atoms with Crippen molar-refractivity contribution >= 4 is 13.4 Å². The summed E-state index contributed by atoms with van der Waals surface area (Å²) in [4.78, 5) is 10.8. The number of carbonyl (C=O) groups excluding carboxylic acids is 1. The molecule has 0 bridgehead atoms. The molecule has 0 aromatic rings. The number of aldehydes is 1. The molecule has 0 saturated carbocycles. The van der Waals surface area contributed by atoms with Crippen LogP contribution in [0.5, 0.6) is 0 Å². The zero-order chi connectivity index (χ0) is 14.0. The molecule has 0 unspecified atom stereocenters. The quantitative estimate of drug-likeness (QED) is 0.332. The summed E-state index contributed by atoms with van der Waals surface area (Å²) < 4.78 is 11.8. The minimum atomic E-state index is -0.449. The van der Waals surface area contributed by atoms with Crippen molar-refractivity contribution < 1.29 is 14.1 Å². The van der Waals surface area contributed by atoms with Gasteiger partial charge in [-0.05, 0) is 40.1 Å². The Morgan fingerprint density at radius 2 is 1.67 bits per heavy atom. The van der Waals surface area contributed by atoms with E-state index >= 15 is 0 Å². The van der Waals surface area contributed by atoms with Gasteiger partial charge in [-0.25, -0.2) is 0 Å². The molecule has 0 N–H and O–H groups in total. The van der Waals surface area contributed by atoms with Crippen LogP contribution < -0.4 is 0 Å². The fourth-order valence-corrected chi connectivity index (χ4v) is 1.60. The molecule has 4 heteroatoms. The van der Waals surface area contributed by atoms with Crippen molar-refractivity contribution in [3.05, 3.63) is 35.9 Å². The monoisotopic (exact) mass is 248 g/mol. The summed E-state index contributed by atoms with van der Waals surface area (Å²) in [5.41, 5.74) is 0.582. The maximum Gasteiger partial charge on any atom is 0.494 e. The average molecular weight is 248 g/mol. The first-order valence-electron chi connectivity index (χ1n) is 6.08. The van der Waals surface area contributed by atoms with E-state index in [9.17, 15) is 4.79 Å². The SMILES string of the molecule is C=C/C(C=O)=C\C(=C/C)B1OC(C)(C)C(C)(C)O1. The number of carbonyl (C=O) groups is 1. The third-order valence-corrected chi connectivity index (χ3v) is 3.56. The Morgan fingerprint density at radius 1 is 1.17 bits per heavy atom. The van der Waals surface area contributed by atoms with Crippen molar-refractivity contribution in [1.82, 2.24) is 0 Å². The first kappa shape index (κ1) is 14.9. The van der Waals surface area contributed by atoms with Crippen molar-refractivity contribution in [2.75, 3.05) is 0 Å². The Labute approximate surface area is 110 Å². The van der Waals surface area contributed by atoms with Crippen LogP contribution in [0.1, 0.15) is 34.6 Å². The standard InChI is InChI=1S/C14H21BO3/c1-7-11(10-16)9-12(8-2)15-17-13(3,4)14(5,6)18-15/h7-10H,1H2,2-6H3/b11-9+,12-8+. The molecule has 0 radical (unpaired) electrons. The lowest BCUT2D eigenvalue weighted by Crippen LogP contribution is -2.41. The topological polar surface area (TPSA) is 35.5 Å². The highest BCUT2D eigenvalue weighted by molar-refractivity contribution is 6.55. The van der Waals surface area contributed by atoms with Gasteiger partial charge in [-0.3, -0.25) is 4.79 Å². The fraction of sp³-hybridized carbons (Fsp3) is 0.500. The van der Waals surface area contributed by atoms with Crippen molar-refractivity contribution in [3.8, 4) is 0 Å². The molecule has 0 aliphatic carbocycles. The van der Waals surface area contributed by atoms with Crippen LogP contribution in [0.2, 0.25) is 0 Å². The van der Waals surface area contributed by atoms with Gasteiger partial charge in [0.2, 0.25) is 0 Å². The fourth-order valence-electron chi connectivity index (χ4n) is 1.60. The Kier molecular flexibility index (Phi) is 4.35. The number of hydrogen-bond donors (Lipinski definition) is 0. The largest absolute Gasteiger partial charge is 0.494 e. The van der Waals surface area contributed by atoms with Crippen molar-refractivity contribution in [1.29, 1.82) is 0 Å². The Hall–Kier alpha value is -1.13. The van der Waals surface area contributed by atoms with Crippen LogP contribution in [0.25, 0.3) is 0 Å². The lowest BCUT2D eigenvalue weighted by atomic mass is 9.77. The van der Waals surface area contributed by atoms with Gasteiger partial charge in [0.1, 0.15) is 6.29 Å². The first-order chi connectivity index (χ1) is 8.27. The number of hydrogen-bond acceptors (Lipinski definition) is 3. The molecule has 1 fully saturated rings. The molecule has 18 heavy (non-hydrogen) atoms. The minimum Gasteiger partial charge on any atom is -0.399 e. The molecule has 0 aromatic heterocycles. The van der Waals surface area contributed by atoms with E-state index < -0.39 is 7.12 Å². The van der Waals surface area contributed by atoms with E-state index in [1.165, 1.54) is 6.08 Å². The third-order valence-electron chi connectivity index (χ3n) is 3.56. The highest BCUT2D eigenvalue weighted by atomic mass is 16.7. The lowest BCUT2D eigenvalue weighted by molar-refractivity contribution is -0.104. The predicted molar refractivity (Wildman–Crippen MR) is 74.2 cm³/mol. The maximum atomic E-state index is 10.8. The zero-order valence-corrected chi connectivity index (χ0v) is 11.8. The summed E-state index contributed by atoms with van der Waals surface area (Å²) in [7, 11) is -0.449. The summed E-state index contributed by atoms with van der Waals surface area (Å²) in [5, 5.41) is 0. The summed E-state index contributed by atoms with van der Waals surface area (Å²) in [6.45, 7) is 13.5. The second-order valence-electron chi connectivity index (χ2n) is 5.34. The summed E-state index contributed by atoms with van der Waals surface area (Å²) >= 11 is 0. The average Bonchev–Trinajstić information content (AvgIpc) is 2.50. The molecule has 0 amide bonds. The van der Waals surface area contributed by atoms with Crippen LogP contribution in [-0.2, 0) is 14.1 Å². The number of rotatable bonds is 4. The Bertz CT molecular complexity index is 379. The van der Waals surface area contributed by atoms with Gasteiger partial charge in [-0.1, -0.05) is 24.8 Å². The normalized spacial score (nSPS) is 23.1. The molecule has 1 saturated heterocycles. The Balaban J connectivity index is 2.99. The second-order valence-corrected chi connectivity index (χ2v) is 5.34. The van der Waals surface area contributed by atoms with E-state index in [2.05, 4.69) is 6.58 Å². The highest BCUT2D eigenvalue weighted by Crippen LogP contribution is 2.38. The molecule has 1 heterocycles. The van der Waals surface area contributed by atoms with Gasteiger partial charge in [0.05, 0.1) is 11.2 Å². The highest BCUT2D eigenvalue weighted by Gasteiger charge is 2.51. The smallest absolute Gasteiger partial charge is 0.399 e. The van der Waals surface area contributed by atoms with Gasteiger partial charge >= 0.3 is 7.12 Å². The van der Waals surface area contributed by atoms with E-state index in [0.717, 1.165) is 11.8 Å². The van der Waals surface area contributed by atoms with Crippen LogP contribution in [0.4, 0.5) is 0 Å². The van der Waals surface area contributed by atoms with E-state index in [0.29, 0.717) is 5.57 Å². The minimum absolute atomic E-state index is 0.380. The summed E-state index contributed by atoms with van der Waals surface area (Å²) in [5.74, 6) is 0. The van der Waals surface area contributed by atoms with E-state index in [1.54, 1.807) is 6.08 Å². The maximum absolute atomic E-state index is 10.8. The molecule has 0 aromatic carbocycles. The molecule has 1 aliphatic rings.